The van der Waals surface area contributed by atoms with Crippen molar-refractivity contribution in [2.75, 3.05) is 12.4 Å². The highest BCUT2D eigenvalue weighted by Crippen LogP contribution is 2.22. The molecule has 0 saturated heterocycles. The number of urea groups is 1. The van der Waals surface area contributed by atoms with Crippen molar-refractivity contribution in [1.82, 2.24) is 20.6 Å². The van der Waals surface area contributed by atoms with Crippen molar-refractivity contribution < 1.29 is 14.3 Å². The summed E-state index contributed by atoms with van der Waals surface area (Å²) in [5.41, 5.74) is 1.01. The van der Waals surface area contributed by atoms with Crippen LogP contribution in [0, 0.1) is 0 Å². The maximum atomic E-state index is 12.2. The number of thioether (sulfide) groups is 1. The third-order valence-electron chi connectivity index (χ3n) is 3.03. The molecule has 0 bridgehead atoms. The summed E-state index contributed by atoms with van der Waals surface area (Å²) in [6, 6.07) is 1.07. The maximum absolute atomic E-state index is 12.2. The van der Waals surface area contributed by atoms with Crippen molar-refractivity contribution in [3.63, 3.8) is 0 Å². The Balaban J connectivity index is 2.23. The van der Waals surface area contributed by atoms with Gasteiger partial charge >= 0.3 is 12.0 Å². The van der Waals surface area contributed by atoms with E-state index < -0.39 is 5.97 Å². The molecule has 0 saturated carbocycles. The summed E-state index contributed by atoms with van der Waals surface area (Å²) in [4.78, 5) is 32.1. The van der Waals surface area contributed by atoms with Crippen molar-refractivity contribution in [1.29, 1.82) is 0 Å². The Morgan fingerprint density at radius 3 is 2.73 bits per heavy atom. The van der Waals surface area contributed by atoms with Gasteiger partial charge in [0.05, 0.1) is 18.2 Å². The van der Waals surface area contributed by atoms with Crippen LogP contribution in [0.3, 0.4) is 0 Å². The fraction of sp³-hybridized carbons (Fsp3) is 0.429. The van der Waals surface area contributed by atoms with E-state index in [0.717, 1.165) is 0 Å². The van der Waals surface area contributed by atoms with Crippen LogP contribution in [-0.2, 0) is 9.53 Å². The minimum absolute atomic E-state index is 0.287. The average molecular weight is 322 g/mol. The number of carbonyl (C=O) groups excluding carboxylic acids is 2. The molecule has 8 heteroatoms. The Bertz CT molecular complexity index is 577. The van der Waals surface area contributed by atoms with Crippen LogP contribution in [0.2, 0.25) is 0 Å². The molecule has 0 radical (unpaired) electrons. The summed E-state index contributed by atoms with van der Waals surface area (Å²) in [7, 11) is 0. The molecule has 1 aliphatic rings. The average Bonchev–Trinajstić information content (AvgIpc) is 2.53. The van der Waals surface area contributed by atoms with Gasteiger partial charge in [-0.2, -0.15) is 0 Å². The molecule has 1 aromatic rings. The topological polar surface area (TPSA) is 93.2 Å². The highest BCUT2D eigenvalue weighted by Gasteiger charge is 2.31. The van der Waals surface area contributed by atoms with Crippen LogP contribution in [0.4, 0.5) is 4.79 Å². The van der Waals surface area contributed by atoms with Gasteiger partial charge in [-0.25, -0.2) is 19.6 Å². The first kappa shape index (κ1) is 16.3. The predicted molar refractivity (Wildman–Crippen MR) is 82.2 cm³/mol. The normalized spacial score (nSPS) is 17.7. The van der Waals surface area contributed by atoms with E-state index in [2.05, 4.69) is 20.6 Å². The van der Waals surface area contributed by atoms with Gasteiger partial charge in [0.2, 0.25) is 0 Å². The summed E-state index contributed by atoms with van der Waals surface area (Å²) < 4.78 is 5.10. The molecule has 118 valence electrons. The van der Waals surface area contributed by atoms with Crippen LogP contribution in [0.5, 0.6) is 0 Å². The molecule has 1 atom stereocenters. The molecule has 2 N–H and O–H groups in total. The lowest BCUT2D eigenvalue weighted by atomic mass is 10.0. The Labute approximate surface area is 132 Å². The van der Waals surface area contributed by atoms with Gasteiger partial charge in [0.1, 0.15) is 0 Å². The zero-order chi connectivity index (χ0) is 15.9. The SMILES string of the molecule is CCOC(=O)C1=C(CSc2ncccn2)NC(=O)N[C@H]1CC. The number of nitrogens with one attached hydrogen (secondary N) is 2. The second-order valence-electron chi connectivity index (χ2n) is 4.49. The second-order valence-corrected chi connectivity index (χ2v) is 5.43. The lowest BCUT2D eigenvalue weighted by Crippen LogP contribution is -2.50. The predicted octanol–water partition coefficient (Wildman–Crippen LogP) is 1.48. The molecule has 0 aliphatic carbocycles. The molecule has 2 amide bonds. The zero-order valence-corrected chi connectivity index (χ0v) is 13.3. The summed E-state index contributed by atoms with van der Waals surface area (Å²) in [5.74, 6) is -0.0198. The van der Waals surface area contributed by atoms with Crippen molar-refractivity contribution >= 4 is 23.8 Å². The van der Waals surface area contributed by atoms with E-state index in [-0.39, 0.29) is 18.7 Å². The second kappa shape index (κ2) is 7.79. The third kappa shape index (κ3) is 3.97. The Kier molecular flexibility index (Phi) is 5.76. The van der Waals surface area contributed by atoms with Gasteiger partial charge < -0.3 is 15.4 Å². The van der Waals surface area contributed by atoms with Gasteiger partial charge in [-0.1, -0.05) is 18.7 Å². The Hall–Kier alpha value is -2.09. The fourth-order valence-corrected chi connectivity index (χ4v) is 2.84. The van der Waals surface area contributed by atoms with Crippen LogP contribution < -0.4 is 10.6 Å². The van der Waals surface area contributed by atoms with Crippen molar-refractivity contribution in [2.24, 2.45) is 0 Å². The number of rotatable bonds is 6. The number of ether oxygens (including phenoxy) is 1. The number of nitrogens with zero attached hydrogens (tertiary/aromatic N) is 2. The lowest BCUT2D eigenvalue weighted by molar-refractivity contribution is -0.139. The van der Waals surface area contributed by atoms with E-state index in [1.807, 2.05) is 6.92 Å². The van der Waals surface area contributed by atoms with E-state index in [4.69, 9.17) is 4.74 Å². The summed E-state index contributed by atoms with van der Waals surface area (Å²) in [6.07, 6.45) is 3.90. The maximum Gasteiger partial charge on any atom is 0.337 e. The number of amides is 2. The first-order chi connectivity index (χ1) is 10.7. The lowest BCUT2D eigenvalue weighted by Gasteiger charge is -2.28. The smallest absolute Gasteiger partial charge is 0.337 e. The highest BCUT2D eigenvalue weighted by molar-refractivity contribution is 7.99. The molecular weight excluding hydrogens is 304 g/mol. The molecule has 22 heavy (non-hydrogen) atoms. The monoisotopic (exact) mass is 322 g/mol. The van der Waals surface area contributed by atoms with E-state index in [0.29, 0.717) is 28.6 Å². The number of carbonyl (C=O) groups is 2. The van der Waals surface area contributed by atoms with E-state index in [1.54, 1.807) is 25.4 Å². The van der Waals surface area contributed by atoms with Crippen molar-refractivity contribution in [2.45, 2.75) is 31.5 Å². The van der Waals surface area contributed by atoms with E-state index in [9.17, 15) is 9.59 Å². The molecule has 1 aliphatic heterocycles. The number of esters is 1. The first-order valence-corrected chi connectivity index (χ1v) is 8.01. The van der Waals surface area contributed by atoms with Crippen LogP contribution in [0.1, 0.15) is 20.3 Å². The van der Waals surface area contributed by atoms with E-state index >= 15 is 0 Å². The molecule has 1 aromatic heterocycles. The van der Waals surface area contributed by atoms with Crippen molar-refractivity contribution in [3.05, 3.63) is 29.7 Å². The van der Waals surface area contributed by atoms with Gasteiger partial charge in [-0.15, -0.1) is 0 Å². The first-order valence-electron chi connectivity index (χ1n) is 7.03. The Morgan fingerprint density at radius 1 is 1.36 bits per heavy atom. The largest absolute Gasteiger partial charge is 0.463 e. The van der Waals surface area contributed by atoms with Crippen LogP contribution in [0.15, 0.2) is 34.9 Å². The van der Waals surface area contributed by atoms with Gasteiger partial charge in [-0.05, 0) is 19.4 Å². The van der Waals surface area contributed by atoms with Crippen LogP contribution >= 0.6 is 11.8 Å². The standard InChI is InChI=1S/C14H18N4O3S/c1-3-9-11(12(19)21-4-2)10(18-13(20)17-9)8-22-14-15-6-5-7-16-14/h5-7,9H,3-4,8H2,1-2H3,(H2,17,18,20)/t9-/m0/s1. The van der Waals surface area contributed by atoms with Gasteiger partial charge in [-0.3, -0.25) is 0 Å². The van der Waals surface area contributed by atoms with E-state index in [1.165, 1.54) is 11.8 Å². The van der Waals surface area contributed by atoms with Crippen LogP contribution in [-0.4, -0.2) is 40.4 Å². The zero-order valence-electron chi connectivity index (χ0n) is 12.5. The van der Waals surface area contributed by atoms with Gasteiger partial charge in [0, 0.05) is 23.8 Å². The fourth-order valence-electron chi connectivity index (χ4n) is 2.07. The minimum Gasteiger partial charge on any atom is -0.463 e. The molecule has 0 spiro atoms. The third-order valence-corrected chi connectivity index (χ3v) is 3.94. The molecule has 0 fully saturated rings. The molecule has 2 heterocycles. The van der Waals surface area contributed by atoms with Gasteiger partial charge in [0.25, 0.3) is 0 Å². The van der Waals surface area contributed by atoms with Crippen LogP contribution in [0.25, 0.3) is 0 Å². The quantitative estimate of drug-likeness (QED) is 0.468. The molecule has 0 aromatic carbocycles. The van der Waals surface area contributed by atoms with Gasteiger partial charge in [0.15, 0.2) is 5.16 Å². The summed E-state index contributed by atoms with van der Waals surface area (Å²) in [5, 5.41) is 6.01. The van der Waals surface area contributed by atoms with Crippen molar-refractivity contribution in [3.8, 4) is 0 Å². The minimum atomic E-state index is -0.411. The summed E-state index contributed by atoms with van der Waals surface area (Å²) in [6.45, 7) is 3.94. The highest BCUT2D eigenvalue weighted by atomic mass is 32.2. The number of aromatic nitrogens is 2. The molecule has 0 unspecified atom stereocenters. The summed E-state index contributed by atoms with van der Waals surface area (Å²) >= 11 is 1.35. The molecule has 2 rings (SSSR count). The Morgan fingerprint density at radius 2 is 2.09 bits per heavy atom. The molecular formula is C14H18N4O3S. The number of hydrogen-bond donors (Lipinski definition) is 2. The number of hydrogen-bond acceptors (Lipinski definition) is 6. The molecule has 7 nitrogen and oxygen atoms in total.